The second kappa shape index (κ2) is 5.85. The number of thioether (sulfide) groups is 1. The molecule has 0 fully saturated rings. The first kappa shape index (κ1) is 12.2. The molecule has 0 unspecified atom stereocenters. The predicted octanol–water partition coefficient (Wildman–Crippen LogP) is 2.83. The fraction of sp³-hybridized carbons (Fsp3) is 0.364. The third-order valence-corrected chi connectivity index (χ3v) is 2.80. The quantitative estimate of drug-likeness (QED) is 0.773. The molecule has 0 amide bonds. The Bertz CT molecular complexity index is 352. The highest BCUT2D eigenvalue weighted by Crippen LogP contribution is 2.11. The second-order valence-corrected chi connectivity index (χ2v) is 4.36. The van der Waals surface area contributed by atoms with Crippen molar-refractivity contribution in [1.29, 1.82) is 0 Å². The molecule has 0 aliphatic heterocycles. The normalized spacial score (nSPS) is 10.3. The SMILES string of the molecule is CCSCC(=O)Cc1cc(F)ccc1F. The van der Waals surface area contributed by atoms with Gasteiger partial charge in [0.15, 0.2) is 0 Å². The van der Waals surface area contributed by atoms with E-state index >= 15 is 0 Å². The number of carbonyl (C=O) groups excluding carboxylic acids is 1. The van der Waals surface area contributed by atoms with Gasteiger partial charge in [0.2, 0.25) is 0 Å². The van der Waals surface area contributed by atoms with Crippen molar-refractivity contribution in [2.75, 3.05) is 11.5 Å². The zero-order chi connectivity index (χ0) is 11.3. The number of hydrogen-bond donors (Lipinski definition) is 0. The molecular weight excluding hydrogens is 218 g/mol. The van der Waals surface area contributed by atoms with Crippen LogP contribution in [0.15, 0.2) is 18.2 Å². The molecule has 15 heavy (non-hydrogen) atoms. The Kier molecular flexibility index (Phi) is 4.75. The lowest BCUT2D eigenvalue weighted by atomic mass is 10.1. The van der Waals surface area contributed by atoms with Crippen LogP contribution in [0.2, 0.25) is 0 Å². The first-order valence-corrected chi connectivity index (χ1v) is 5.82. The molecule has 0 aliphatic carbocycles. The maximum atomic E-state index is 13.1. The van der Waals surface area contributed by atoms with Crippen LogP contribution in [0.1, 0.15) is 12.5 Å². The summed E-state index contributed by atoms with van der Waals surface area (Å²) in [6, 6.07) is 3.17. The Balaban J connectivity index is 2.63. The van der Waals surface area contributed by atoms with Crippen LogP contribution in [-0.4, -0.2) is 17.3 Å². The molecular formula is C11H12F2OS. The maximum absolute atomic E-state index is 13.1. The monoisotopic (exact) mass is 230 g/mol. The van der Waals surface area contributed by atoms with Crippen molar-refractivity contribution in [3.63, 3.8) is 0 Å². The molecule has 4 heteroatoms. The van der Waals surface area contributed by atoms with Crippen molar-refractivity contribution in [2.45, 2.75) is 13.3 Å². The van der Waals surface area contributed by atoms with Crippen molar-refractivity contribution in [2.24, 2.45) is 0 Å². The van der Waals surface area contributed by atoms with Gasteiger partial charge in [-0.25, -0.2) is 8.78 Å². The Morgan fingerprint density at radius 2 is 2.13 bits per heavy atom. The zero-order valence-electron chi connectivity index (χ0n) is 8.43. The topological polar surface area (TPSA) is 17.1 Å². The zero-order valence-corrected chi connectivity index (χ0v) is 9.24. The van der Waals surface area contributed by atoms with E-state index in [1.807, 2.05) is 6.92 Å². The highest BCUT2D eigenvalue weighted by Gasteiger charge is 2.09. The van der Waals surface area contributed by atoms with E-state index in [0.717, 1.165) is 24.0 Å². The van der Waals surface area contributed by atoms with Crippen LogP contribution in [-0.2, 0) is 11.2 Å². The van der Waals surface area contributed by atoms with Crippen LogP contribution in [0, 0.1) is 11.6 Å². The standard InChI is InChI=1S/C11H12F2OS/c1-2-15-7-10(14)6-8-5-9(12)3-4-11(8)13/h3-5H,2,6-7H2,1H3. The first-order valence-electron chi connectivity index (χ1n) is 4.67. The highest BCUT2D eigenvalue weighted by molar-refractivity contribution is 7.99. The molecule has 1 aromatic carbocycles. The summed E-state index contributed by atoms with van der Waals surface area (Å²) in [6.45, 7) is 1.95. The number of Topliss-reactive ketones (excluding diaryl/α,β-unsaturated/α-hetero) is 1. The predicted molar refractivity (Wildman–Crippen MR) is 58.1 cm³/mol. The van der Waals surface area contributed by atoms with Crippen LogP contribution >= 0.6 is 11.8 Å². The van der Waals surface area contributed by atoms with E-state index < -0.39 is 11.6 Å². The van der Waals surface area contributed by atoms with Crippen LogP contribution < -0.4 is 0 Å². The summed E-state index contributed by atoms with van der Waals surface area (Å²) in [6.07, 6.45) is -0.0312. The molecule has 82 valence electrons. The lowest BCUT2D eigenvalue weighted by Crippen LogP contribution is -2.07. The number of rotatable bonds is 5. The number of hydrogen-bond acceptors (Lipinski definition) is 2. The van der Waals surface area contributed by atoms with Crippen molar-refractivity contribution < 1.29 is 13.6 Å². The summed E-state index contributed by atoms with van der Waals surface area (Å²) in [4.78, 5) is 11.3. The molecule has 0 radical (unpaired) electrons. The van der Waals surface area contributed by atoms with E-state index in [1.54, 1.807) is 0 Å². The van der Waals surface area contributed by atoms with Gasteiger partial charge < -0.3 is 0 Å². The minimum atomic E-state index is -0.522. The molecule has 0 aromatic heterocycles. The minimum absolute atomic E-state index is 0.0312. The van der Waals surface area contributed by atoms with Crippen molar-refractivity contribution in [1.82, 2.24) is 0 Å². The van der Waals surface area contributed by atoms with Crippen LogP contribution in [0.5, 0.6) is 0 Å². The van der Waals surface area contributed by atoms with Gasteiger partial charge in [-0.05, 0) is 29.5 Å². The Hall–Kier alpha value is -0.900. The van der Waals surface area contributed by atoms with Crippen LogP contribution in [0.4, 0.5) is 8.78 Å². The number of benzene rings is 1. The van der Waals surface area contributed by atoms with E-state index in [1.165, 1.54) is 11.8 Å². The molecule has 0 spiro atoms. The largest absolute Gasteiger partial charge is 0.298 e. The van der Waals surface area contributed by atoms with Gasteiger partial charge in [0.25, 0.3) is 0 Å². The van der Waals surface area contributed by atoms with Gasteiger partial charge in [-0.2, -0.15) is 11.8 Å². The Morgan fingerprint density at radius 3 is 2.80 bits per heavy atom. The number of ketones is 1. The van der Waals surface area contributed by atoms with Gasteiger partial charge in [-0.3, -0.25) is 4.79 Å². The molecule has 1 nitrogen and oxygen atoms in total. The molecule has 0 N–H and O–H groups in total. The smallest absolute Gasteiger partial charge is 0.147 e. The first-order chi connectivity index (χ1) is 7.13. The molecule has 0 bridgehead atoms. The lowest BCUT2D eigenvalue weighted by Gasteiger charge is -2.02. The van der Waals surface area contributed by atoms with Crippen molar-refractivity contribution >= 4 is 17.5 Å². The highest BCUT2D eigenvalue weighted by atomic mass is 32.2. The van der Waals surface area contributed by atoms with E-state index in [4.69, 9.17) is 0 Å². The van der Waals surface area contributed by atoms with Crippen molar-refractivity contribution in [3.8, 4) is 0 Å². The van der Waals surface area contributed by atoms with E-state index in [0.29, 0.717) is 5.75 Å². The minimum Gasteiger partial charge on any atom is -0.298 e. The number of carbonyl (C=O) groups is 1. The molecule has 1 rings (SSSR count). The summed E-state index contributed by atoms with van der Waals surface area (Å²) in [7, 11) is 0. The van der Waals surface area contributed by atoms with Crippen molar-refractivity contribution in [3.05, 3.63) is 35.4 Å². The molecule has 0 saturated heterocycles. The molecule has 0 saturated carbocycles. The van der Waals surface area contributed by atoms with Crippen LogP contribution in [0.25, 0.3) is 0 Å². The maximum Gasteiger partial charge on any atom is 0.147 e. The van der Waals surface area contributed by atoms with Gasteiger partial charge in [0.1, 0.15) is 17.4 Å². The van der Waals surface area contributed by atoms with Gasteiger partial charge in [0, 0.05) is 6.42 Å². The number of halogens is 2. The van der Waals surface area contributed by atoms with E-state index in [-0.39, 0.29) is 17.8 Å². The molecule has 0 atom stereocenters. The third-order valence-electron chi connectivity index (χ3n) is 1.86. The van der Waals surface area contributed by atoms with Gasteiger partial charge in [0.05, 0.1) is 5.75 Å². The Labute approximate surface area is 91.9 Å². The lowest BCUT2D eigenvalue weighted by molar-refractivity contribution is -0.116. The average Bonchev–Trinajstić information content (AvgIpc) is 2.20. The summed E-state index contributed by atoms with van der Waals surface area (Å²) in [5, 5.41) is 0. The summed E-state index contributed by atoms with van der Waals surface area (Å²) in [5.74, 6) is 0.0871. The summed E-state index contributed by atoms with van der Waals surface area (Å²) >= 11 is 1.48. The fourth-order valence-electron chi connectivity index (χ4n) is 1.16. The van der Waals surface area contributed by atoms with E-state index in [2.05, 4.69) is 0 Å². The van der Waals surface area contributed by atoms with Gasteiger partial charge in [-0.15, -0.1) is 0 Å². The second-order valence-electron chi connectivity index (χ2n) is 3.09. The van der Waals surface area contributed by atoms with Gasteiger partial charge in [-0.1, -0.05) is 6.92 Å². The van der Waals surface area contributed by atoms with E-state index in [9.17, 15) is 13.6 Å². The summed E-state index contributed by atoms with van der Waals surface area (Å²) < 4.78 is 25.9. The Morgan fingerprint density at radius 1 is 1.40 bits per heavy atom. The van der Waals surface area contributed by atoms with Crippen LogP contribution in [0.3, 0.4) is 0 Å². The van der Waals surface area contributed by atoms with Gasteiger partial charge >= 0.3 is 0 Å². The fourth-order valence-corrected chi connectivity index (χ4v) is 1.69. The average molecular weight is 230 g/mol. The summed E-state index contributed by atoms with van der Waals surface area (Å²) in [5.41, 5.74) is 0.136. The molecule has 0 aliphatic rings. The molecule has 0 heterocycles. The molecule has 1 aromatic rings. The third kappa shape index (κ3) is 4.00.